The highest BCUT2D eigenvalue weighted by Gasteiger charge is 2.34. The third-order valence-electron chi connectivity index (χ3n) is 2.35. The molecule has 1 aliphatic carbocycles. The molecule has 0 N–H and O–H groups in total. The molecule has 3 heteroatoms. The molecule has 0 aromatic carbocycles. The number of hydrogen-bond acceptors (Lipinski definition) is 3. The standard InChI is InChI=1S/C13H20O3/c1-10(14)11-6-8-13(15-5,9-7-11)16-12(2,3)4/h6-8H,9H2,1-5H3. The van der Waals surface area contributed by atoms with Crippen molar-refractivity contribution in [1.29, 1.82) is 0 Å². The maximum absolute atomic E-state index is 11.2. The highest BCUT2D eigenvalue weighted by molar-refractivity contribution is 5.96. The first-order valence-electron chi connectivity index (χ1n) is 5.44. The molecule has 0 saturated carbocycles. The van der Waals surface area contributed by atoms with E-state index < -0.39 is 5.79 Å². The molecule has 16 heavy (non-hydrogen) atoms. The molecular weight excluding hydrogens is 204 g/mol. The molecule has 1 atom stereocenters. The summed E-state index contributed by atoms with van der Waals surface area (Å²) in [5.41, 5.74) is 0.423. The SMILES string of the molecule is COC1(OC(C)(C)C)C=CC(C(C)=O)=CC1. The zero-order valence-corrected chi connectivity index (χ0v) is 10.7. The van der Waals surface area contributed by atoms with Crippen molar-refractivity contribution in [2.24, 2.45) is 0 Å². The summed E-state index contributed by atoms with van der Waals surface area (Å²) < 4.78 is 11.3. The van der Waals surface area contributed by atoms with Crippen molar-refractivity contribution in [3.05, 3.63) is 23.8 Å². The van der Waals surface area contributed by atoms with Gasteiger partial charge in [-0.2, -0.15) is 0 Å². The lowest BCUT2D eigenvalue weighted by atomic mass is 9.98. The van der Waals surface area contributed by atoms with Crippen LogP contribution in [-0.2, 0) is 14.3 Å². The molecule has 0 aromatic heterocycles. The van der Waals surface area contributed by atoms with Crippen molar-refractivity contribution in [1.82, 2.24) is 0 Å². The molecule has 0 radical (unpaired) electrons. The van der Waals surface area contributed by atoms with Gasteiger partial charge in [0.2, 0.25) is 0 Å². The Morgan fingerprint density at radius 2 is 2.06 bits per heavy atom. The average molecular weight is 224 g/mol. The van der Waals surface area contributed by atoms with Gasteiger partial charge in [-0.25, -0.2) is 0 Å². The lowest BCUT2D eigenvalue weighted by molar-refractivity contribution is -0.235. The molecule has 0 amide bonds. The van der Waals surface area contributed by atoms with Crippen LogP contribution in [0, 0.1) is 0 Å². The fourth-order valence-corrected chi connectivity index (χ4v) is 1.65. The Balaban J connectivity index is 2.82. The zero-order valence-electron chi connectivity index (χ0n) is 10.7. The maximum atomic E-state index is 11.2. The number of hydrogen-bond donors (Lipinski definition) is 0. The molecule has 0 aromatic rings. The lowest BCUT2D eigenvalue weighted by Gasteiger charge is -2.36. The van der Waals surface area contributed by atoms with Crippen molar-refractivity contribution >= 4 is 5.78 Å². The second-order valence-corrected chi connectivity index (χ2v) is 4.98. The van der Waals surface area contributed by atoms with Crippen LogP contribution in [0.5, 0.6) is 0 Å². The number of Topliss-reactive ketones (excluding diaryl/α,β-unsaturated/α-hetero) is 1. The monoisotopic (exact) mass is 224 g/mol. The summed E-state index contributed by atoms with van der Waals surface area (Å²) in [6, 6.07) is 0. The van der Waals surface area contributed by atoms with Gasteiger partial charge in [-0.05, 0) is 33.8 Å². The predicted octanol–water partition coefficient (Wildman–Crippen LogP) is 2.62. The van der Waals surface area contributed by atoms with Gasteiger partial charge in [0.1, 0.15) is 0 Å². The Morgan fingerprint density at radius 3 is 2.38 bits per heavy atom. The normalized spacial score (nSPS) is 25.4. The quantitative estimate of drug-likeness (QED) is 0.691. The van der Waals surface area contributed by atoms with E-state index in [1.807, 2.05) is 32.9 Å². The summed E-state index contributed by atoms with van der Waals surface area (Å²) in [6.07, 6.45) is 6.00. The van der Waals surface area contributed by atoms with Crippen molar-refractivity contribution in [2.45, 2.75) is 45.5 Å². The van der Waals surface area contributed by atoms with E-state index in [0.29, 0.717) is 12.0 Å². The van der Waals surface area contributed by atoms with Gasteiger partial charge in [-0.15, -0.1) is 0 Å². The number of ketones is 1. The second kappa shape index (κ2) is 4.52. The Hall–Kier alpha value is -0.930. The molecule has 90 valence electrons. The molecule has 0 aliphatic heterocycles. The van der Waals surface area contributed by atoms with Crippen molar-refractivity contribution in [3.8, 4) is 0 Å². The van der Waals surface area contributed by atoms with E-state index in [1.54, 1.807) is 20.1 Å². The van der Waals surface area contributed by atoms with Crippen LogP contribution < -0.4 is 0 Å². The van der Waals surface area contributed by atoms with E-state index in [1.165, 1.54) is 0 Å². The average Bonchev–Trinajstić information content (AvgIpc) is 2.16. The minimum atomic E-state index is -0.739. The number of allylic oxidation sites excluding steroid dienone is 2. The molecule has 3 nitrogen and oxygen atoms in total. The fraction of sp³-hybridized carbons (Fsp3) is 0.615. The minimum Gasteiger partial charge on any atom is -0.349 e. The van der Waals surface area contributed by atoms with Crippen molar-refractivity contribution in [2.75, 3.05) is 7.11 Å². The maximum Gasteiger partial charge on any atom is 0.191 e. The van der Waals surface area contributed by atoms with E-state index in [9.17, 15) is 4.79 Å². The molecule has 0 heterocycles. The van der Waals surface area contributed by atoms with Gasteiger partial charge in [0.05, 0.1) is 5.60 Å². The Morgan fingerprint density at radius 1 is 1.44 bits per heavy atom. The zero-order chi connectivity index (χ0) is 12.4. The Labute approximate surface area is 97.1 Å². The van der Waals surface area contributed by atoms with Crippen LogP contribution in [0.4, 0.5) is 0 Å². The van der Waals surface area contributed by atoms with Crippen LogP contribution in [0.15, 0.2) is 23.8 Å². The molecule has 0 spiro atoms. The summed E-state index contributed by atoms with van der Waals surface area (Å²) in [5, 5.41) is 0. The second-order valence-electron chi connectivity index (χ2n) is 4.98. The van der Waals surface area contributed by atoms with Crippen molar-refractivity contribution in [3.63, 3.8) is 0 Å². The summed E-state index contributed by atoms with van der Waals surface area (Å²) >= 11 is 0. The van der Waals surface area contributed by atoms with Crippen molar-refractivity contribution < 1.29 is 14.3 Å². The van der Waals surface area contributed by atoms with E-state index in [-0.39, 0.29) is 11.4 Å². The Bertz CT molecular complexity index is 334. The van der Waals surface area contributed by atoms with Crippen LogP contribution in [0.3, 0.4) is 0 Å². The molecular formula is C13H20O3. The van der Waals surface area contributed by atoms with Crippen LogP contribution >= 0.6 is 0 Å². The first kappa shape index (κ1) is 13.1. The van der Waals surface area contributed by atoms with E-state index in [2.05, 4.69) is 0 Å². The van der Waals surface area contributed by atoms with Gasteiger partial charge >= 0.3 is 0 Å². The van der Waals surface area contributed by atoms with Gasteiger partial charge < -0.3 is 9.47 Å². The summed E-state index contributed by atoms with van der Waals surface area (Å²) in [4.78, 5) is 11.2. The minimum absolute atomic E-state index is 0.0664. The lowest BCUT2D eigenvalue weighted by Crippen LogP contribution is -2.40. The fourth-order valence-electron chi connectivity index (χ4n) is 1.65. The Kier molecular flexibility index (Phi) is 3.71. The number of rotatable bonds is 3. The van der Waals surface area contributed by atoms with Crippen LogP contribution in [0.1, 0.15) is 34.1 Å². The van der Waals surface area contributed by atoms with Crippen LogP contribution in [0.25, 0.3) is 0 Å². The number of ether oxygens (including phenoxy) is 2. The topological polar surface area (TPSA) is 35.5 Å². The number of carbonyl (C=O) groups excluding carboxylic acids is 1. The summed E-state index contributed by atoms with van der Waals surface area (Å²) in [7, 11) is 1.61. The molecule has 1 aliphatic rings. The molecule has 0 saturated heterocycles. The van der Waals surface area contributed by atoms with E-state index >= 15 is 0 Å². The summed E-state index contributed by atoms with van der Waals surface area (Å²) in [5.74, 6) is -0.672. The first-order chi connectivity index (χ1) is 7.28. The number of carbonyl (C=O) groups is 1. The third kappa shape index (κ3) is 3.29. The predicted molar refractivity (Wildman–Crippen MR) is 63.1 cm³/mol. The highest BCUT2D eigenvalue weighted by atomic mass is 16.7. The van der Waals surface area contributed by atoms with Crippen LogP contribution in [-0.4, -0.2) is 24.3 Å². The third-order valence-corrected chi connectivity index (χ3v) is 2.35. The largest absolute Gasteiger partial charge is 0.349 e. The highest BCUT2D eigenvalue weighted by Crippen LogP contribution is 2.30. The molecule has 1 rings (SSSR count). The first-order valence-corrected chi connectivity index (χ1v) is 5.44. The summed E-state index contributed by atoms with van der Waals surface area (Å²) in [6.45, 7) is 7.49. The number of methoxy groups -OCH3 is 1. The van der Waals surface area contributed by atoms with Gasteiger partial charge in [0.25, 0.3) is 0 Å². The van der Waals surface area contributed by atoms with Gasteiger partial charge in [-0.3, -0.25) is 4.79 Å². The van der Waals surface area contributed by atoms with Gasteiger partial charge in [-0.1, -0.05) is 12.2 Å². The molecule has 0 bridgehead atoms. The van der Waals surface area contributed by atoms with Gasteiger partial charge in [0, 0.05) is 19.1 Å². The van der Waals surface area contributed by atoms with E-state index in [4.69, 9.17) is 9.47 Å². The molecule has 0 fully saturated rings. The van der Waals surface area contributed by atoms with Crippen LogP contribution in [0.2, 0.25) is 0 Å². The van der Waals surface area contributed by atoms with Gasteiger partial charge in [0.15, 0.2) is 11.6 Å². The van der Waals surface area contributed by atoms with E-state index in [0.717, 1.165) is 0 Å². The molecule has 1 unspecified atom stereocenters. The smallest absolute Gasteiger partial charge is 0.191 e.